The molecule has 19 heavy (non-hydrogen) atoms. The van der Waals surface area contributed by atoms with Gasteiger partial charge in [-0.1, -0.05) is 16.8 Å². The zero-order chi connectivity index (χ0) is 13.2. The zero-order valence-corrected chi connectivity index (χ0v) is 11.1. The molecule has 0 atom stereocenters. The largest absolute Gasteiger partial charge is 0.378 e. The van der Waals surface area contributed by atoms with Crippen molar-refractivity contribution in [3.05, 3.63) is 47.4 Å². The Morgan fingerprint density at radius 1 is 1.32 bits per heavy atom. The van der Waals surface area contributed by atoms with E-state index in [0.29, 0.717) is 11.6 Å². The predicted molar refractivity (Wildman–Crippen MR) is 75.1 cm³/mol. The van der Waals surface area contributed by atoms with E-state index >= 15 is 0 Å². The number of halogens is 1. The first-order valence-corrected chi connectivity index (χ1v) is 6.24. The molecule has 5 nitrogen and oxygen atoms in total. The highest BCUT2D eigenvalue weighted by Crippen LogP contribution is 2.28. The van der Waals surface area contributed by atoms with Crippen molar-refractivity contribution < 1.29 is 0 Å². The van der Waals surface area contributed by atoms with Crippen molar-refractivity contribution in [1.29, 1.82) is 0 Å². The van der Waals surface area contributed by atoms with Crippen molar-refractivity contribution in [1.82, 2.24) is 20.0 Å². The Kier molecular flexibility index (Phi) is 3.05. The van der Waals surface area contributed by atoms with E-state index in [9.17, 15) is 0 Å². The van der Waals surface area contributed by atoms with E-state index < -0.39 is 0 Å². The summed E-state index contributed by atoms with van der Waals surface area (Å²) in [5.74, 6) is 0. The first kappa shape index (κ1) is 11.9. The van der Waals surface area contributed by atoms with Gasteiger partial charge in [0.15, 0.2) is 0 Å². The number of pyridine rings is 1. The molecular formula is C13H12ClN5. The average Bonchev–Trinajstić information content (AvgIpc) is 2.84. The maximum absolute atomic E-state index is 6.16. The van der Waals surface area contributed by atoms with Gasteiger partial charge in [0, 0.05) is 18.6 Å². The normalized spacial score (nSPS) is 10.8. The standard InChI is InChI=1S/C13H12ClN5/c1-19-9(8-17-18-19)7-16-12-5-4-11(14)10-3-2-6-15-13(10)12/h2-6,8,16H,7H2,1H3. The number of aromatic nitrogens is 4. The third-order valence-electron chi connectivity index (χ3n) is 2.98. The lowest BCUT2D eigenvalue weighted by atomic mass is 10.2. The van der Waals surface area contributed by atoms with Crippen LogP contribution in [0.2, 0.25) is 5.02 Å². The SMILES string of the molecule is Cn1nncc1CNc1ccc(Cl)c2cccnc12. The number of nitrogens with one attached hydrogen (secondary N) is 1. The Bertz CT molecular complexity index is 722. The van der Waals surface area contributed by atoms with Gasteiger partial charge in [0.05, 0.1) is 34.7 Å². The fourth-order valence-corrected chi connectivity index (χ4v) is 2.15. The summed E-state index contributed by atoms with van der Waals surface area (Å²) in [4.78, 5) is 4.38. The number of hydrogen-bond acceptors (Lipinski definition) is 4. The minimum atomic E-state index is 0.636. The highest BCUT2D eigenvalue weighted by Gasteiger charge is 2.06. The molecule has 0 unspecified atom stereocenters. The summed E-state index contributed by atoms with van der Waals surface area (Å²) in [6.45, 7) is 0.636. The van der Waals surface area contributed by atoms with Gasteiger partial charge < -0.3 is 5.32 Å². The third kappa shape index (κ3) is 2.24. The van der Waals surface area contributed by atoms with Gasteiger partial charge in [-0.3, -0.25) is 9.67 Å². The van der Waals surface area contributed by atoms with Crippen molar-refractivity contribution in [2.24, 2.45) is 7.05 Å². The Morgan fingerprint density at radius 2 is 2.21 bits per heavy atom. The van der Waals surface area contributed by atoms with Crippen molar-refractivity contribution in [2.45, 2.75) is 6.54 Å². The Hall–Kier alpha value is -2.14. The predicted octanol–water partition coefficient (Wildman–Crippen LogP) is 2.63. The van der Waals surface area contributed by atoms with E-state index in [1.807, 2.05) is 31.3 Å². The Morgan fingerprint density at radius 3 is 3.00 bits per heavy atom. The van der Waals surface area contributed by atoms with E-state index in [4.69, 9.17) is 11.6 Å². The van der Waals surface area contributed by atoms with Gasteiger partial charge >= 0.3 is 0 Å². The van der Waals surface area contributed by atoms with Crippen LogP contribution in [0.15, 0.2) is 36.7 Å². The highest BCUT2D eigenvalue weighted by molar-refractivity contribution is 6.35. The second kappa shape index (κ2) is 4.85. The number of nitrogens with zero attached hydrogens (tertiary/aromatic N) is 4. The molecule has 6 heteroatoms. The number of benzene rings is 1. The smallest absolute Gasteiger partial charge is 0.0948 e. The van der Waals surface area contributed by atoms with E-state index in [0.717, 1.165) is 22.3 Å². The van der Waals surface area contributed by atoms with Crippen LogP contribution < -0.4 is 5.32 Å². The maximum atomic E-state index is 6.16. The van der Waals surface area contributed by atoms with Crippen LogP contribution in [0.1, 0.15) is 5.69 Å². The molecule has 0 radical (unpaired) electrons. The summed E-state index contributed by atoms with van der Waals surface area (Å²) in [5.41, 5.74) is 2.81. The van der Waals surface area contributed by atoms with Gasteiger partial charge in [0.2, 0.25) is 0 Å². The van der Waals surface area contributed by atoms with E-state index in [1.165, 1.54) is 0 Å². The van der Waals surface area contributed by atoms with Crippen LogP contribution in [0.5, 0.6) is 0 Å². The summed E-state index contributed by atoms with van der Waals surface area (Å²) in [6, 6.07) is 7.64. The number of hydrogen-bond donors (Lipinski definition) is 1. The molecule has 0 amide bonds. The summed E-state index contributed by atoms with van der Waals surface area (Å²) in [6.07, 6.45) is 3.49. The molecule has 2 heterocycles. The van der Waals surface area contributed by atoms with Crippen LogP contribution in [-0.2, 0) is 13.6 Å². The molecule has 2 aromatic heterocycles. The van der Waals surface area contributed by atoms with Gasteiger partial charge in [0.1, 0.15) is 0 Å². The van der Waals surface area contributed by atoms with Crippen LogP contribution in [0.3, 0.4) is 0 Å². The molecule has 0 aliphatic carbocycles. The van der Waals surface area contributed by atoms with Crippen LogP contribution in [-0.4, -0.2) is 20.0 Å². The molecule has 3 rings (SSSR count). The third-order valence-corrected chi connectivity index (χ3v) is 3.31. The molecule has 0 spiro atoms. The highest BCUT2D eigenvalue weighted by atomic mass is 35.5. The van der Waals surface area contributed by atoms with Gasteiger partial charge in [-0.2, -0.15) is 0 Å². The fraction of sp³-hybridized carbons (Fsp3) is 0.154. The summed E-state index contributed by atoms with van der Waals surface area (Å²) in [7, 11) is 1.86. The van der Waals surface area contributed by atoms with E-state index in [-0.39, 0.29) is 0 Å². The molecule has 96 valence electrons. The van der Waals surface area contributed by atoms with E-state index in [1.54, 1.807) is 17.1 Å². The first-order valence-electron chi connectivity index (χ1n) is 5.86. The van der Waals surface area contributed by atoms with Crippen LogP contribution in [0, 0.1) is 0 Å². The van der Waals surface area contributed by atoms with Crippen molar-refractivity contribution >= 4 is 28.2 Å². The fourth-order valence-electron chi connectivity index (χ4n) is 1.94. The molecule has 0 aliphatic rings. The monoisotopic (exact) mass is 273 g/mol. The molecule has 0 bridgehead atoms. The van der Waals surface area contributed by atoms with Gasteiger partial charge in [0.25, 0.3) is 0 Å². The minimum absolute atomic E-state index is 0.636. The molecule has 1 aromatic carbocycles. The lowest BCUT2D eigenvalue weighted by molar-refractivity contribution is 0.683. The minimum Gasteiger partial charge on any atom is -0.378 e. The lowest BCUT2D eigenvalue weighted by Gasteiger charge is -2.09. The molecule has 0 aliphatic heterocycles. The van der Waals surface area contributed by atoms with Crippen LogP contribution in [0.25, 0.3) is 10.9 Å². The van der Waals surface area contributed by atoms with E-state index in [2.05, 4.69) is 20.6 Å². The topological polar surface area (TPSA) is 55.6 Å². The second-order valence-electron chi connectivity index (χ2n) is 4.20. The van der Waals surface area contributed by atoms with Crippen LogP contribution in [0.4, 0.5) is 5.69 Å². The second-order valence-corrected chi connectivity index (χ2v) is 4.60. The summed E-state index contributed by atoms with van der Waals surface area (Å²) >= 11 is 6.16. The van der Waals surface area contributed by atoms with Crippen molar-refractivity contribution in [2.75, 3.05) is 5.32 Å². The average molecular weight is 274 g/mol. The number of aryl methyl sites for hydroxylation is 1. The molecular weight excluding hydrogens is 262 g/mol. The van der Waals surface area contributed by atoms with Gasteiger partial charge in [-0.05, 0) is 24.3 Å². The molecule has 3 aromatic rings. The quantitative estimate of drug-likeness (QED) is 0.797. The number of rotatable bonds is 3. The summed E-state index contributed by atoms with van der Waals surface area (Å²) < 4.78 is 1.73. The summed E-state index contributed by atoms with van der Waals surface area (Å²) in [5, 5.41) is 12.7. The maximum Gasteiger partial charge on any atom is 0.0948 e. The van der Waals surface area contributed by atoms with Crippen molar-refractivity contribution in [3.8, 4) is 0 Å². The molecule has 1 N–H and O–H groups in total. The lowest BCUT2D eigenvalue weighted by Crippen LogP contribution is -2.06. The molecule has 0 fully saturated rings. The first-order chi connectivity index (χ1) is 9.25. The Balaban J connectivity index is 1.93. The van der Waals surface area contributed by atoms with Gasteiger partial charge in [-0.15, -0.1) is 5.10 Å². The molecule has 0 saturated heterocycles. The Labute approximate surface area is 115 Å². The number of anilines is 1. The molecule has 0 saturated carbocycles. The number of fused-ring (bicyclic) bond motifs is 1. The van der Waals surface area contributed by atoms with Crippen molar-refractivity contribution in [3.63, 3.8) is 0 Å². The van der Waals surface area contributed by atoms with Gasteiger partial charge in [-0.25, -0.2) is 0 Å². The zero-order valence-electron chi connectivity index (χ0n) is 10.3. The van der Waals surface area contributed by atoms with Crippen LogP contribution >= 0.6 is 11.6 Å².